The number of phosphoric acid groups is 2. The Morgan fingerprint density at radius 3 is 0.810 bits per heavy atom. The molecule has 3 N–H and O–H groups in total. The zero-order valence-corrected chi connectivity index (χ0v) is 55.8. The second kappa shape index (κ2) is 58.7. The summed E-state index contributed by atoms with van der Waals surface area (Å²) in [7, 11) is -9.88. The third-order valence-electron chi connectivity index (χ3n) is 15.0. The molecule has 17 nitrogen and oxygen atoms in total. The van der Waals surface area contributed by atoms with Crippen LogP contribution in [-0.4, -0.2) is 96.7 Å². The lowest BCUT2D eigenvalue weighted by Crippen LogP contribution is -2.30. The van der Waals surface area contributed by atoms with Gasteiger partial charge in [0.25, 0.3) is 0 Å². The van der Waals surface area contributed by atoms with E-state index in [9.17, 15) is 43.2 Å². The number of carbonyl (C=O) groups excluding carboxylic acids is 4. The molecule has 0 saturated carbocycles. The van der Waals surface area contributed by atoms with Crippen molar-refractivity contribution in [1.82, 2.24) is 0 Å². The molecular formula is C65H126O17P2. The number of aliphatic hydroxyl groups excluding tert-OH is 1. The fourth-order valence-electron chi connectivity index (χ4n) is 9.76. The highest BCUT2D eigenvalue weighted by molar-refractivity contribution is 7.47. The predicted octanol–water partition coefficient (Wildman–Crippen LogP) is 18.2. The van der Waals surface area contributed by atoms with E-state index >= 15 is 0 Å². The first-order valence-corrected chi connectivity index (χ1v) is 37.1. The Hall–Kier alpha value is -1.94. The van der Waals surface area contributed by atoms with Crippen LogP contribution in [0.15, 0.2) is 0 Å². The van der Waals surface area contributed by atoms with Crippen LogP contribution in [0.1, 0.15) is 330 Å². The Morgan fingerprint density at radius 2 is 0.548 bits per heavy atom. The van der Waals surface area contributed by atoms with Crippen LogP contribution in [-0.2, 0) is 65.4 Å². The third kappa shape index (κ3) is 59.0. The molecule has 0 aromatic carbocycles. The molecule has 0 fully saturated rings. The Labute approximate surface area is 511 Å². The second-order valence-corrected chi connectivity index (χ2v) is 26.9. The second-order valence-electron chi connectivity index (χ2n) is 24.0. The first-order chi connectivity index (χ1) is 40.5. The predicted molar refractivity (Wildman–Crippen MR) is 335 cm³/mol. The third-order valence-corrected chi connectivity index (χ3v) is 16.9. The smallest absolute Gasteiger partial charge is 0.462 e. The van der Waals surface area contributed by atoms with E-state index in [1.807, 2.05) is 0 Å². The molecule has 2 unspecified atom stereocenters. The number of carbonyl (C=O) groups is 4. The summed E-state index contributed by atoms with van der Waals surface area (Å²) in [6.45, 7) is 7.17. The van der Waals surface area contributed by atoms with Crippen molar-refractivity contribution in [3.05, 3.63) is 0 Å². The molecule has 0 amide bonds. The molecule has 0 rings (SSSR count). The van der Waals surface area contributed by atoms with Gasteiger partial charge in [0.1, 0.15) is 19.3 Å². The summed E-state index contributed by atoms with van der Waals surface area (Å²) in [5, 5.41) is 10.5. The van der Waals surface area contributed by atoms with Crippen molar-refractivity contribution in [2.75, 3.05) is 39.6 Å². The number of phosphoric ester groups is 2. The minimum absolute atomic E-state index is 0.105. The number of rotatable bonds is 65. The normalized spacial score (nSPS) is 14.2. The number of unbranched alkanes of at least 4 members (excludes halogenated alkanes) is 37. The van der Waals surface area contributed by atoms with Crippen molar-refractivity contribution in [2.45, 2.75) is 348 Å². The van der Waals surface area contributed by atoms with Crippen molar-refractivity contribution in [3.8, 4) is 0 Å². The summed E-state index contributed by atoms with van der Waals surface area (Å²) in [6, 6.07) is 0. The van der Waals surface area contributed by atoms with Crippen molar-refractivity contribution in [3.63, 3.8) is 0 Å². The van der Waals surface area contributed by atoms with E-state index in [0.29, 0.717) is 25.7 Å². The SMILES string of the molecule is CCCCCCCCCCCCCCC(=O)OC[C@H](COP(=O)(O)OC[C@@H](O)COP(=O)(O)OC[C@@H](COC(=O)CCCCCCCCCC)OC(=O)CCCCCCCCCC)OC(=O)CCCCCCCCCCCCCCCC(C)C. The average Bonchev–Trinajstić information content (AvgIpc) is 3.53. The van der Waals surface area contributed by atoms with Crippen LogP contribution in [0.3, 0.4) is 0 Å². The van der Waals surface area contributed by atoms with E-state index < -0.39 is 97.5 Å². The standard InChI is InChI=1S/C65H126O17P2/c1-6-9-12-15-18-21-22-27-30-35-39-44-49-63(68)76-55-61(82-65(70)51-46-41-36-31-28-25-23-24-26-29-32-37-42-47-58(4)5)57-80-84(73,74)78-53-59(66)52-77-83(71,72)79-56-60(81-64(69)50-45-40-34-20-17-14-11-8-3)54-75-62(67)48-43-38-33-19-16-13-10-7-2/h58-61,66H,6-57H2,1-5H3,(H,71,72)(H,73,74)/t59-,60+,61+/m0/s1. The number of hydrogen-bond acceptors (Lipinski definition) is 15. The zero-order chi connectivity index (χ0) is 62.0. The number of esters is 4. The molecule has 19 heteroatoms. The fourth-order valence-corrected chi connectivity index (χ4v) is 11.3. The molecule has 0 aromatic heterocycles. The van der Waals surface area contributed by atoms with E-state index in [-0.39, 0.29) is 25.7 Å². The summed E-state index contributed by atoms with van der Waals surface area (Å²) >= 11 is 0. The molecule has 0 aliphatic carbocycles. The Morgan fingerprint density at radius 1 is 0.321 bits per heavy atom. The van der Waals surface area contributed by atoms with Gasteiger partial charge in [-0.3, -0.25) is 37.3 Å². The van der Waals surface area contributed by atoms with E-state index in [2.05, 4.69) is 34.6 Å². The molecule has 0 aromatic rings. The molecule has 0 spiro atoms. The summed E-state index contributed by atoms with van der Waals surface area (Å²) in [5.74, 6) is -1.35. The van der Waals surface area contributed by atoms with Crippen LogP contribution in [0.4, 0.5) is 0 Å². The fraction of sp³-hybridized carbons (Fsp3) is 0.938. The van der Waals surface area contributed by atoms with Crippen molar-refractivity contribution >= 4 is 39.5 Å². The quantitative estimate of drug-likeness (QED) is 0.0222. The van der Waals surface area contributed by atoms with Gasteiger partial charge in [-0.05, 0) is 31.6 Å². The topological polar surface area (TPSA) is 237 Å². The van der Waals surface area contributed by atoms with Crippen molar-refractivity contribution in [2.24, 2.45) is 5.92 Å². The molecule has 498 valence electrons. The molecule has 84 heavy (non-hydrogen) atoms. The lowest BCUT2D eigenvalue weighted by molar-refractivity contribution is -0.161. The molecule has 0 saturated heterocycles. The Kier molecular flexibility index (Phi) is 57.4. The maximum absolute atomic E-state index is 13.0. The molecule has 0 radical (unpaired) electrons. The first-order valence-electron chi connectivity index (χ1n) is 34.1. The highest BCUT2D eigenvalue weighted by atomic mass is 31.2. The van der Waals surface area contributed by atoms with Crippen LogP contribution >= 0.6 is 15.6 Å². The van der Waals surface area contributed by atoms with E-state index in [1.54, 1.807) is 0 Å². The van der Waals surface area contributed by atoms with E-state index in [4.69, 9.17) is 37.0 Å². The van der Waals surface area contributed by atoms with Crippen molar-refractivity contribution in [1.29, 1.82) is 0 Å². The number of hydrogen-bond donors (Lipinski definition) is 3. The van der Waals surface area contributed by atoms with Gasteiger partial charge >= 0.3 is 39.5 Å². The highest BCUT2D eigenvalue weighted by Crippen LogP contribution is 2.45. The maximum atomic E-state index is 13.0. The van der Waals surface area contributed by atoms with Crippen LogP contribution < -0.4 is 0 Å². The van der Waals surface area contributed by atoms with Gasteiger partial charge in [0.2, 0.25) is 0 Å². The summed E-state index contributed by atoms with van der Waals surface area (Å²) in [5.41, 5.74) is 0. The molecule has 0 aliphatic rings. The monoisotopic (exact) mass is 1240 g/mol. The first kappa shape index (κ1) is 82.1. The van der Waals surface area contributed by atoms with Gasteiger partial charge in [0, 0.05) is 25.7 Å². The van der Waals surface area contributed by atoms with Gasteiger partial charge in [-0.2, -0.15) is 0 Å². The molecule has 5 atom stereocenters. The van der Waals surface area contributed by atoms with Crippen LogP contribution in [0.5, 0.6) is 0 Å². The molecule has 0 aliphatic heterocycles. The average molecular weight is 1240 g/mol. The molecule has 0 heterocycles. The highest BCUT2D eigenvalue weighted by Gasteiger charge is 2.30. The van der Waals surface area contributed by atoms with Crippen LogP contribution in [0, 0.1) is 5.92 Å². The lowest BCUT2D eigenvalue weighted by atomic mass is 10.0. The molecular weight excluding hydrogens is 1110 g/mol. The van der Waals surface area contributed by atoms with E-state index in [0.717, 1.165) is 109 Å². The minimum Gasteiger partial charge on any atom is -0.462 e. The largest absolute Gasteiger partial charge is 0.472 e. The zero-order valence-electron chi connectivity index (χ0n) is 54.0. The van der Waals surface area contributed by atoms with Crippen LogP contribution in [0.2, 0.25) is 0 Å². The minimum atomic E-state index is -4.94. The van der Waals surface area contributed by atoms with Gasteiger partial charge in [-0.15, -0.1) is 0 Å². The maximum Gasteiger partial charge on any atom is 0.472 e. The van der Waals surface area contributed by atoms with E-state index in [1.165, 1.54) is 141 Å². The van der Waals surface area contributed by atoms with Gasteiger partial charge in [0.05, 0.1) is 26.4 Å². The van der Waals surface area contributed by atoms with Crippen molar-refractivity contribution < 1.29 is 80.2 Å². The summed E-state index contributed by atoms with van der Waals surface area (Å²) in [6.07, 6.45) is 43.1. The van der Waals surface area contributed by atoms with Crippen LogP contribution in [0.25, 0.3) is 0 Å². The van der Waals surface area contributed by atoms with Gasteiger partial charge < -0.3 is 33.8 Å². The Bertz CT molecular complexity index is 1640. The number of aliphatic hydroxyl groups is 1. The summed E-state index contributed by atoms with van der Waals surface area (Å²) < 4.78 is 67.9. The number of ether oxygens (including phenoxy) is 4. The van der Waals surface area contributed by atoms with Gasteiger partial charge in [0.15, 0.2) is 12.2 Å². The van der Waals surface area contributed by atoms with Gasteiger partial charge in [-0.25, -0.2) is 9.13 Å². The summed E-state index contributed by atoms with van der Waals surface area (Å²) in [4.78, 5) is 72.1. The lowest BCUT2D eigenvalue weighted by Gasteiger charge is -2.21. The molecule has 0 bridgehead atoms. The van der Waals surface area contributed by atoms with Gasteiger partial charge in [-0.1, -0.05) is 279 Å². The Balaban J connectivity index is 5.19.